The Morgan fingerprint density at radius 2 is 2.26 bits per heavy atom. The van der Waals surface area contributed by atoms with Gasteiger partial charge in [-0.15, -0.1) is 0 Å². The maximum atomic E-state index is 12.5. The molecule has 1 amide bonds. The fraction of sp³-hybridized carbons (Fsp3) is 0.267. The van der Waals surface area contributed by atoms with E-state index >= 15 is 0 Å². The first kappa shape index (κ1) is 16.4. The van der Waals surface area contributed by atoms with Crippen molar-refractivity contribution >= 4 is 61.9 Å². The zero-order chi connectivity index (χ0) is 16.7. The van der Waals surface area contributed by atoms with E-state index in [1.807, 2.05) is 26.0 Å². The van der Waals surface area contributed by atoms with E-state index in [1.54, 1.807) is 10.5 Å². The average molecular weight is 412 g/mol. The molecule has 23 heavy (non-hydrogen) atoms. The molecule has 0 saturated heterocycles. The highest BCUT2D eigenvalue weighted by Crippen LogP contribution is 2.24. The Bertz CT molecular complexity index is 1030. The van der Waals surface area contributed by atoms with Crippen molar-refractivity contribution in [3.63, 3.8) is 0 Å². The van der Waals surface area contributed by atoms with Gasteiger partial charge in [0.2, 0.25) is 0 Å². The third-order valence-electron chi connectivity index (χ3n) is 3.68. The van der Waals surface area contributed by atoms with Crippen molar-refractivity contribution in [3.05, 3.63) is 41.9 Å². The van der Waals surface area contributed by atoms with E-state index in [-0.39, 0.29) is 17.5 Å². The molecule has 2 aromatic heterocycles. The summed E-state index contributed by atoms with van der Waals surface area (Å²) in [5, 5.41) is 3.43. The Hall–Kier alpha value is -1.51. The predicted octanol–water partition coefficient (Wildman–Crippen LogP) is 3.86. The number of halogens is 1. The quantitative estimate of drug-likeness (QED) is 0.642. The van der Waals surface area contributed by atoms with Gasteiger partial charge in [0.15, 0.2) is 3.95 Å². The Morgan fingerprint density at radius 1 is 1.52 bits per heavy atom. The number of nitrogens with one attached hydrogen (secondary N) is 2. The standard InChI is InChI=1S/C15H14BrN3O2S2/c1-3-7(2)17-14(21)11-12-18-13(20)9-6-8(16)4-5-10(9)19(12)15(22)23-11/h4-7H,3H2,1-2H3,(H,17,21)(H,18,20)/t7-/m0/s1. The molecule has 120 valence electrons. The lowest BCUT2D eigenvalue weighted by molar-refractivity contribution is 0.0944. The number of amides is 1. The minimum Gasteiger partial charge on any atom is -0.349 e. The highest BCUT2D eigenvalue weighted by molar-refractivity contribution is 9.10. The third-order valence-corrected chi connectivity index (χ3v) is 5.55. The number of carbonyl (C=O) groups excluding carboxylic acids is 1. The zero-order valence-electron chi connectivity index (χ0n) is 12.5. The molecule has 0 aliphatic rings. The molecule has 3 aromatic rings. The molecule has 0 aliphatic heterocycles. The van der Waals surface area contributed by atoms with Crippen LogP contribution in [0.25, 0.3) is 16.6 Å². The Labute approximate surface area is 149 Å². The summed E-state index contributed by atoms with van der Waals surface area (Å²) in [5.41, 5.74) is 0.892. The van der Waals surface area contributed by atoms with Gasteiger partial charge in [-0.2, -0.15) is 0 Å². The van der Waals surface area contributed by atoms with Gasteiger partial charge in [0.05, 0.1) is 10.9 Å². The second kappa shape index (κ2) is 6.18. The Morgan fingerprint density at radius 3 is 2.96 bits per heavy atom. The van der Waals surface area contributed by atoms with Crippen LogP contribution >= 0.6 is 39.5 Å². The van der Waals surface area contributed by atoms with Crippen LogP contribution in [0.4, 0.5) is 0 Å². The van der Waals surface area contributed by atoms with Crippen LogP contribution in [-0.4, -0.2) is 21.3 Å². The van der Waals surface area contributed by atoms with Gasteiger partial charge in [0, 0.05) is 10.5 Å². The van der Waals surface area contributed by atoms with E-state index in [1.165, 1.54) is 11.3 Å². The molecular formula is C15H14BrN3O2S2. The van der Waals surface area contributed by atoms with E-state index < -0.39 is 0 Å². The van der Waals surface area contributed by atoms with Gasteiger partial charge in [-0.3, -0.25) is 14.0 Å². The fourth-order valence-corrected chi connectivity index (χ4v) is 3.96. The number of fused-ring (bicyclic) bond motifs is 3. The number of carbonyl (C=O) groups is 1. The Balaban J connectivity index is 2.30. The smallest absolute Gasteiger partial charge is 0.265 e. The van der Waals surface area contributed by atoms with Gasteiger partial charge in [0.25, 0.3) is 11.5 Å². The van der Waals surface area contributed by atoms with Crippen molar-refractivity contribution in [1.82, 2.24) is 14.7 Å². The molecule has 0 radical (unpaired) electrons. The number of aromatic nitrogens is 2. The molecule has 0 aliphatic carbocycles. The first-order valence-electron chi connectivity index (χ1n) is 7.10. The minimum atomic E-state index is -0.244. The first-order chi connectivity index (χ1) is 10.9. The number of aromatic amines is 1. The molecule has 0 spiro atoms. The summed E-state index contributed by atoms with van der Waals surface area (Å²) in [6.45, 7) is 3.93. The molecule has 1 atom stereocenters. The van der Waals surface area contributed by atoms with Crippen LogP contribution in [0.2, 0.25) is 0 Å². The van der Waals surface area contributed by atoms with Crippen molar-refractivity contribution in [2.45, 2.75) is 26.3 Å². The molecular weight excluding hydrogens is 398 g/mol. The third kappa shape index (κ3) is 2.86. The van der Waals surface area contributed by atoms with E-state index in [4.69, 9.17) is 12.2 Å². The SMILES string of the molecule is CC[C@H](C)NC(=O)c1sc(=S)n2c1[nH]c(=O)c1cc(Br)ccc12. The van der Waals surface area contributed by atoms with Gasteiger partial charge >= 0.3 is 0 Å². The summed E-state index contributed by atoms with van der Waals surface area (Å²) in [7, 11) is 0. The van der Waals surface area contributed by atoms with Crippen LogP contribution < -0.4 is 10.9 Å². The summed E-state index contributed by atoms with van der Waals surface area (Å²) in [5.74, 6) is -0.218. The maximum Gasteiger partial charge on any atom is 0.265 e. The van der Waals surface area contributed by atoms with Crippen LogP contribution in [0.15, 0.2) is 27.5 Å². The zero-order valence-corrected chi connectivity index (χ0v) is 15.7. The van der Waals surface area contributed by atoms with Crippen molar-refractivity contribution in [3.8, 4) is 0 Å². The summed E-state index contributed by atoms with van der Waals surface area (Å²) in [6, 6.07) is 5.47. The molecule has 8 heteroatoms. The van der Waals surface area contributed by atoms with Crippen molar-refractivity contribution in [1.29, 1.82) is 0 Å². The van der Waals surface area contributed by atoms with Gasteiger partial charge in [-0.05, 0) is 43.8 Å². The predicted molar refractivity (Wildman–Crippen MR) is 99.2 cm³/mol. The molecule has 0 unspecified atom stereocenters. The maximum absolute atomic E-state index is 12.5. The first-order valence-corrected chi connectivity index (χ1v) is 9.12. The molecule has 2 heterocycles. The monoisotopic (exact) mass is 411 g/mol. The van der Waals surface area contributed by atoms with Crippen molar-refractivity contribution in [2.75, 3.05) is 0 Å². The minimum absolute atomic E-state index is 0.0568. The lowest BCUT2D eigenvalue weighted by Gasteiger charge is -2.10. The summed E-state index contributed by atoms with van der Waals surface area (Å²) >= 11 is 9.97. The molecule has 0 bridgehead atoms. The van der Waals surface area contributed by atoms with Crippen LogP contribution in [0.3, 0.4) is 0 Å². The second-order valence-electron chi connectivity index (χ2n) is 5.28. The number of hydrogen-bond donors (Lipinski definition) is 2. The summed E-state index contributed by atoms with van der Waals surface area (Å²) in [4.78, 5) is 28.0. The molecule has 0 saturated carbocycles. The van der Waals surface area contributed by atoms with Gasteiger partial charge in [-0.1, -0.05) is 34.2 Å². The van der Waals surface area contributed by atoms with Crippen LogP contribution in [0.5, 0.6) is 0 Å². The molecule has 5 nitrogen and oxygen atoms in total. The number of hydrogen-bond acceptors (Lipinski definition) is 4. The average Bonchev–Trinajstić information content (AvgIpc) is 2.84. The summed E-state index contributed by atoms with van der Waals surface area (Å²) in [6.07, 6.45) is 0.830. The molecule has 0 fully saturated rings. The molecule has 1 aromatic carbocycles. The van der Waals surface area contributed by atoms with E-state index in [0.29, 0.717) is 25.4 Å². The van der Waals surface area contributed by atoms with E-state index in [0.717, 1.165) is 10.9 Å². The number of rotatable bonds is 3. The van der Waals surface area contributed by atoms with Gasteiger partial charge < -0.3 is 10.3 Å². The Kier molecular flexibility index (Phi) is 4.39. The van der Waals surface area contributed by atoms with Crippen LogP contribution in [0, 0.1) is 3.95 Å². The van der Waals surface area contributed by atoms with Gasteiger partial charge in [0.1, 0.15) is 10.5 Å². The molecule has 3 rings (SSSR count). The number of nitrogens with zero attached hydrogens (tertiary/aromatic N) is 1. The topological polar surface area (TPSA) is 66.4 Å². The van der Waals surface area contributed by atoms with E-state index in [9.17, 15) is 9.59 Å². The van der Waals surface area contributed by atoms with Crippen LogP contribution in [0.1, 0.15) is 29.9 Å². The van der Waals surface area contributed by atoms with Crippen LogP contribution in [-0.2, 0) is 0 Å². The lowest BCUT2D eigenvalue weighted by atomic mass is 10.2. The number of thiazole rings is 1. The highest BCUT2D eigenvalue weighted by atomic mass is 79.9. The fourth-order valence-electron chi connectivity index (χ4n) is 2.31. The lowest BCUT2D eigenvalue weighted by Crippen LogP contribution is -2.31. The largest absolute Gasteiger partial charge is 0.349 e. The normalized spacial score (nSPS) is 12.7. The second-order valence-corrected chi connectivity index (χ2v) is 7.84. The van der Waals surface area contributed by atoms with Gasteiger partial charge in [-0.25, -0.2) is 0 Å². The highest BCUT2D eigenvalue weighted by Gasteiger charge is 2.18. The van der Waals surface area contributed by atoms with E-state index in [2.05, 4.69) is 26.2 Å². The number of H-pyrrole nitrogens is 1. The molecule has 2 N–H and O–H groups in total. The van der Waals surface area contributed by atoms with Crippen molar-refractivity contribution < 1.29 is 4.79 Å². The van der Waals surface area contributed by atoms with Crippen molar-refractivity contribution in [2.24, 2.45) is 0 Å². The number of benzene rings is 1. The summed E-state index contributed by atoms with van der Waals surface area (Å²) < 4.78 is 3.08.